The second kappa shape index (κ2) is 5.00. The molecular weight excluding hydrogens is 245 g/mol. The number of Topliss-reactive ketones (excluding diaryl/α,β-unsaturated/α-hetero) is 1. The van der Waals surface area contributed by atoms with E-state index in [9.17, 15) is 18.0 Å². The Bertz CT molecular complexity index is 419. The van der Waals surface area contributed by atoms with Crippen LogP contribution in [0.15, 0.2) is 24.3 Å². The van der Waals surface area contributed by atoms with Gasteiger partial charge >= 0.3 is 6.18 Å². The minimum atomic E-state index is -4.29. The predicted molar refractivity (Wildman–Crippen MR) is 59.7 cm³/mol. The Morgan fingerprint density at radius 3 is 2.33 bits per heavy atom. The van der Waals surface area contributed by atoms with E-state index in [0.29, 0.717) is 11.3 Å². The molecule has 0 unspecified atom stereocenters. The molecule has 5 heteroatoms. The van der Waals surface area contributed by atoms with Gasteiger partial charge in [0, 0.05) is 12.0 Å². The third kappa shape index (κ3) is 4.05. The van der Waals surface area contributed by atoms with Gasteiger partial charge in [0.25, 0.3) is 0 Å². The lowest BCUT2D eigenvalue weighted by molar-refractivity contribution is -0.133. The van der Waals surface area contributed by atoms with Crippen molar-refractivity contribution in [2.45, 2.75) is 38.0 Å². The zero-order valence-electron chi connectivity index (χ0n) is 9.67. The second-order valence-corrected chi connectivity index (χ2v) is 4.38. The van der Waals surface area contributed by atoms with E-state index in [0.717, 1.165) is 12.8 Å². The molecule has 0 amide bonds. The quantitative estimate of drug-likeness (QED) is 0.752. The summed E-state index contributed by atoms with van der Waals surface area (Å²) in [5.41, 5.74) is 0.294. The number of carbonyl (C=O) groups is 1. The molecule has 98 valence electrons. The fraction of sp³-hybridized carbons (Fsp3) is 0.462. The van der Waals surface area contributed by atoms with Gasteiger partial charge in [0.1, 0.15) is 5.75 Å². The van der Waals surface area contributed by atoms with Crippen LogP contribution in [0.4, 0.5) is 13.2 Å². The molecule has 1 aliphatic carbocycles. The minimum Gasteiger partial charge on any atom is -0.490 e. The molecule has 18 heavy (non-hydrogen) atoms. The highest BCUT2D eigenvalue weighted by molar-refractivity contribution is 5.96. The topological polar surface area (TPSA) is 26.3 Å². The molecule has 0 radical (unpaired) electrons. The maximum Gasteiger partial charge on any atom is 0.389 e. The lowest BCUT2D eigenvalue weighted by Crippen LogP contribution is -2.10. The first-order valence-electron chi connectivity index (χ1n) is 5.81. The fourth-order valence-electron chi connectivity index (χ4n) is 1.50. The number of halogens is 3. The standard InChI is InChI=1S/C13H13F3O2/c14-13(15,16)8-7-12(17)9-1-3-10(4-2-9)18-11-5-6-11/h1-4,11H,5-8H2. The summed E-state index contributed by atoms with van der Waals surface area (Å²) >= 11 is 0. The van der Waals surface area contributed by atoms with Crippen LogP contribution in [0.1, 0.15) is 36.0 Å². The summed E-state index contributed by atoms with van der Waals surface area (Å²) in [7, 11) is 0. The maximum atomic E-state index is 12.0. The lowest BCUT2D eigenvalue weighted by atomic mass is 10.1. The largest absolute Gasteiger partial charge is 0.490 e. The summed E-state index contributed by atoms with van der Waals surface area (Å²) in [6, 6.07) is 6.27. The summed E-state index contributed by atoms with van der Waals surface area (Å²) < 4.78 is 41.4. The van der Waals surface area contributed by atoms with Crippen molar-refractivity contribution in [3.8, 4) is 5.75 Å². The molecule has 0 spiro atoms. The summed E-state index contributed by atoms with van der Waals surface area (Å²) in [6.07, 6.45) is -3.54. The van der Waals surface area contributed by atoms with Crippen LogP contribution in [-0.2, 0) is 0 Å². The molecule has 0 saturated heterocycles. The normalized spacial score (nSPS) is 15.5. The van der Waals surface area contributed by atoms with Gasteiger partial charge in [0.2, 0.25) is 0 Å². The molecule has 0 atom stereocenters. The average molecular weight is 258 g/mol. The second-order valence-electron chi connectivity index (χ2n) is 4.38. The van der Waals surface area contributed by atoms with Gasteiger partial charge in [-0.3, -0.25) is 4.79 Å². The van der Waals surface area contributed by atoms with Crippen LogP contribution in [-0.4, -0.2) is 18.1 Å². The molecule has 0 heterocycles. The number of ether oxygens (including phenoxy) is 1. The van der Waals surface area contributed by atoms with E-state index in [4.69, 9.17) is 4.74 Å². The van der Waals surface area contributed by atoms with Crippen molar-refractivity contribution in [3.63, 3.8) is 0 Å². The number of rotatable bonds is 5. The molecular formula is C13H13F3O2. The number of benzene rings is 1. The van der Waals surface area contributed by atoms with Crippen molar-refractivity contribution < 1.29 is 22.7 Å². The SMILES string of the molecule is O=C(CCC(F)(F)F)c1ccc(OC2CC2)cc1. The van der Waals surface area contributed by atoms with Crippen LogP contribution < -0.4 is 4.74 Å². The number of hydrogen-bond acceptors (Lipinski definition) is 2. The number of ketones is 1. The summed E-state index contributed by atoms with van der Waals surface area (Å²) in [5.74, 6) is 0.162. The Kier molecular flexibility index (Phi) is 3.59. The first-order chi connectivity index (χ1) is 8.44. The van der Waals surface area contributed by atoms with Crippen LogP contribution in [0.3, 0.4) is 0 Å². The smallest absolute Gasteiger partial charge is 0.389 e. The number of hydrogen-bond donors (Lipinski definition) is 0. The van der Waals surface area contributed by atoms with E-state index in [-0.39, 0.29) is 6.10 Å². The number of carbonyl (C=O) groups excluding carboxylic acids is 1. The van der Waals surface area contributed by atoms with Crippen LogP contribution in [0, 0.1) is 0 Å². The molecule has 1 saturated carbocycles. The summed E-state index contributed by atoms with van der Waals surface area (Å²) in [5, 5.41) is 0. The lowest BCUT2D eigenvalue weighted by Gasteiger charge is -2.07. The van der Waals surface area contributed by atoms with E-state index < -0.39 is 24.8 Å². The zero-order valence-corrected chi connectivity index (χ0v) is 9.67. The molecule has 0 aromatic heterocycles. The predicted octanol–water partition coefficient (Wildman–Crippen LogP) is 3.75. The van der Waals surface area contributed by atoms with E-state index in [1.54, 1.807) is 12.1 Å². The van der Waals surface area contributed by atoms with Gasteiger partial charge in [-0.15, -0.1) is 0 Å². The molecule has 0 bridgehead atoms. The third-order valence-electron chi connectivity index (χ3n) is 2.64. The van der Waals surface area contributed by atoms with Crippen molar-refractivity contribution in [1.29, 1.82) is 0 Å². The molecule has 0 aliphatic heterocycles. The van der Waals surface area contributed by atoms with Gasteiger partial charge in [-0.25, -0.2) is 0 Å². The van der Waals surface area contributed by atoms with Crippen molar-refractivity contribution in [2.24, 2.45) is 0 Å². The summed E-state index contributed by atoms with van der Waals surface area (Å²) in [6.45, 7) is 0. The Balaban J connectivity index is 1.89. The van der Waals surface area contributed by atoms with Gasteiger partial charge in [-0.2, -0.15) is 13.2 Å². The monoisotopic (exact) mass is 258 g/mol. The van der Waals surface area contributed by atoms with Gasteiger partial charge < -0.3 is 4.74 Å². The Labute approximate surface area is 103 Å². The fourth-order valence-corrected chi connectivity index (χ4v) is 1.50. The Hall–Kier alpha value is -1.52. The molecule has 1 fully saturated rings. The number of alkyl halides is 3. The first kappa shape index (κ1) is 12.9. The van der Waals surface area contributed by atoms with Gasteiger partial charge in [0.05, 0.1) is 12.5 Å². The van der Waals surface area contributed by atoms with Crippen molar-refractivity contribution >= 4 is 5.78 Å². The highest BCUT2D eigenvalue weighted by Gasteiger charge is 2.28. The van der Waals surface area contributed by atoms with E-state index in [1.165, 1.54) is 12.1 Å². The van der Waals surface area contributed by atoms with Crippen LogP contribution in [0.2, 0.25) is 0 Å². The van der Waals surface area contributed by atoms with Crippen molar-refractivity contribution in [2.75, 3.05) is 0 Å². The average Bonchev–Trinajstić information content (AvgIpc) is 3.10. The van der Waals surface area contributed by atoms with Crippen LogP contribution >= 0.6 is 0 Å². The van der Waals surface area contributed by atoms with Crippen LogP contribution in [0.5, 0.6) is 5.75 Å². The minimum absolute atomic E-state index is 0.261. The maximum absolute atomic E-state index is 12.0. The molecule has 0 N–H and O–H groups in total. The van der Waals surface area contributed by atoms with E-state index >= 15 is 0 Å². The molecule has 1 aromatic carbocycles. The van der Waals surface area contributed by atoms with E-state index in [1.807, 2.05) is 0 Å². The zero-order chi connectivity index (χ0) is 13.2. The van der Waals surface area contributed by atoms with Crippen molar-refractivity contribution in [1.82, 2.24) is 0 Å². The van der Waals surface area contributed by atoms with Gasteiger partial charge in [-0.1, -0.05) is 0 Å². The highest BCUT2D eigenvalue weighted by atomic mass is 19.4. The van der Waals surface area contributed by atoms with Gasteiger partial charge in [0.15, 0.2) is 5.78 Å². The van der Waals surface area contributed by atoms with Crippen LogP contribution in [0.25, 0.3) is 0 Å². The van der Waals surface area contributed by atoms with E-state index in [2.05, 4.69) is 0 Å². The Morgan fingerprint density at radius 1 is 1.22 bits per heavy atom. The molecule has 1 aromatic rings. The van der Waals surface area contributed by atoms with Crippen molar-refractivity contribution in [3.05, 3.63) is 29.8 Å². The highest BCUT2D eigenvalue weighted by Crippen LogP contribution is 2.27. The molecule has 1 aliphatic rings. The third-order valence-corrected chi connectivity index (χ3v) is 2.64. The molecule has 2 rings (SSSR count). The molecule has 2 nitrogen and oxygen atoms in total. The Morgan fingerprint density at radius 2 is 1.83 bits per heavy atom. The van der Waals surface area contributed by atoms with Gasteiger partial charge in [-0.05, 0) is 37.1 Å². The first-order valence-corrected chi connectivity index (χ1v) is 5.81. The summed E-state index contributed by atoms with van der Waals surface area (Å²) in [4.78, 5) is 11.5.